The Morgan fingerprint density at radius 2 is 2.09 bits per heavy atom. The molecule has 1 aromatic heterocycles. The average molecular weight is 314 g/mol. The van der Waals surface area contributed by atoms with E-state index < -0.39 is 0 Å². The first-order valence-electron chi connectivity index (χ1n) is 8.22. The lowest BCUT2D eigenvalue weighted by Gasteiger charge is -2.27. The van der Waals surface area contributed by atoms with Gasteiger partial charge in [-0.15, -0.1) is 11.3 Å². The van der Waals surface area contributed by atoms with Gasteiger partial charge in [-0.2, -0.15) is 0 Å². The third-order valence-electron chi connectivity index (χ3n) is 5.54. The molecule has 3 N–H and O–H groups in total. The van der Waals surface area contributed by atoms with E-state index in [4.69, 9.17) is 5.73 Å². The normalized spacial score (nSPS) is 30.0. The van der Waals surface area contributed by atoms with Crippen LogP contribution in [-0.4, -0.2) is 18.5 Å². The summed E-state index contributed by atoms with van der Waals surface area (Å²) in [5.74, 6) is 1.35. The van der Waals surface area contributed by atoms with Crippen LogP contribution in [0.2, 0.25) is 0 Å². The van der Waals surface area contributed by atoms with E-state index >= 15 is 0 Å². The second-order valence-electron chi connectivity index (χ2n) is 6.73. The maximum absolute atomic E-state index is 12.4. The molecule has 2 bridgehead atoms. The molecule has 22 heavy (non-hydrogen) atoms. The lowest BCUT2D eigenvalue weighted by molar-refractivity contribution is -0.127. The highest BCUT2D eigenvalue weighted by molar-refractivity contribution is 7.17. The van der Waals surface area contributed by atoms with E-state index in [9.17, 15) is 4.79 Å². The highest BCUT2D eigenvalue weighted by atomic mass is 32.1. The van der Waals surface area contributed by atoms with Crippen molar-refractivity contribution in [1.82, 2.24) is 5.32 Å². The number of carbonyl (C=O) groups is 1. The van der Waals surface area contributed by atoms with Crippen molar-refractivity contribution < 1.29 is 4.79 Å². The second kappa shape index (κ2) is 5.67. The van der Waals surface area contributed by atoms with Gasteiger partial charge in [0.25, 0.3) is 0 Å². The Bertz CT molecular complexity index is 693. The topological polar surface area (TPSA) is 55.1 Å². The molecule has 2 aliphatic rings. The fourth-order valence-electron chi connectivity index (χ4n) is 4.39. The van der Waals surface area contributed by atoms with Crippen molar-refractivity contribution in [3.63, 3.8) is 0 Å². The Morgan fingerprint density at radius 3 is 2.91 bits per heavy atom. The number of thiophene rings is 1. The molecule has 0 saturated heterocycles. The Balaban J connectivity index is 1.36. The van der Waals surface area contributed by atoms with Gasteiger partial charge in [-0.05, 0) is 59.9 Å². The quantitative estimate of drug-likeness (QED) is 0.911. The zero-order valence-electron chi connectivity index (χ0n) is 12.6. The van der Waals surface area contributed by atoms with Crippen molar-refractivity contribution in [3.05, 3.63) is 35.2 Å². The highest BCUT2D eigenvalue weighted by Gasteiger charge is 2.48. The van der Waals surface area contributed by atoms with Crippen LogP contribution in [0.3, 0.4) is 0 Å². The zero-order valence-corrected chi connectivity index (χ0v) is 13.4. The number of carbonyl (C=O) groups excluding carboxylic acids is 1. The number of nitrogens with one attached hydrogen (secondary N) is 1. The summed E-state index contributed by atoms with van der Waals surface area (Å²) in [6.45, 7) is 0.708. The molecule has 2 aromatic rings. The van der Waals surface area contributed by atoms with E-state index in [0.29, 0.717) is 18.4 Å². The molecule has 0 aliphatic heterocycles. The van der Waals surface area contributed by atoms with Crippen LogP contribution in [0.4, 0.5) is 0 Å². The number of nitrogens with two attached hydrogens (primary N) is 1. The minimum atomic E-state index is 0.0537. The lowest BCUT2D eigenvalue weighted by Crippen LogP contribution is -2.45. The molecule has 4 unspecified atom stereocenters. The molecule has 1 aromatic carbocycles. The summed E-state index contributed by atoms with van der Waals surface area (Å²) in [7, 11) is 0. The first-order chi connectivity index (χ1) is 10.7. The van der Waals surface area contributed by atoms with Gasteiger partial charge in [0.05, 0.1) is 5.92 Å². The van der Waals surface area contributed by atoms with Crippen molar-refractivity contribution in [2.24, 2.45) is 23.5 Å². The molecule has 1 heterocycles. The first kappa shape index (κ1) is 14.2. The van der Waals surface area contributed by atoms with Crippen LogP contribution in [0.5, 0.6) is 0 Å². The molecule has 0 spiro atoms. The average Bonchev–Trinajstić information content (AvgIpc) is 3.22. The summed E-state index contributed by atoms with van der Waals surface area (Å²) in [5.41, 5.74) is 7.58. The van der Waals surface area contributed by atoms with E-state index in [1.165, 1.54) is 28.5 Å². The fraction of sp³-hybridized carbons (Fsp3) is 0.500. The number of rotatable bonds is 4. The van der Waals surface area contributed by atoms with Gasteiger partial charge in [-0.25, -0.2) is 0 Å². The van der Waals surface area contributed by atoms with E-state index in [0.717, 1.165) is 12.8 Å². The van der Waals surface area contributed by atoms with Crippen molar-refractivity contribution >= 4 is 27.3 Å². The molecule has 1 amide bonds. The van der Waals surface area contributed by atoms with Gasteiger partial charge in [0.2, 0.25) is 5.91 Å². The van der Waals surface area contributed by atoms with Gasteiger partial charge >= 0.3 is 0 Å². The fourth-order valence-corrected chi connectivity index (χ4v) is 5.39. The molecule has 2 saturated carbocycles. The summed E-state index contributed by atoms with van der Waals surface area (Å²) in [5, 5.41) is 6.65. The van der Waals surface area contributed by atoms with E-state index in [1.54, 1.807) is 11.3 Å². The van der Waals surface area contributed by atoms with E-state index in [1.807, 2.05) is 0 Å². The van der Waals surface area contributed by atoms with Crippen LogP contribution in [0, 0.1) is 17.8 Å². The van der Waals surface area contributed by atoms with Crippen LogP contribution in [0.25, 0.3) is 10.1 Å². The van der Waals surface area contributed by atoms with Gasteiger partial charge in [0.15, 0.2) is 0 Å². The number of benzene rings is 1. The SMILES string of the molecule is NC1C2CCC(C2)C1C(=O)NCCc1csc2ccccc12. The molecule has 2 fully saturated rings. The minimum Gasteiger partial charge on any atom is -0.355 e. The first-order valence-corrected chi connectivity index (χ1v) is 9.10. The summed E-state index contributed by atoms with van der Waals surface area (Å²) in [4.78, 5) is 12.4. The monoisotopic (exact) mass is 314 g/mol. The smallest absolute Gasteiger partial charge is 0.224 e. The molecule has 4 rings (SSSR count). The molecule has 4 heteroatoms. The van der Waals surface area contributed by atoms with Crippen molar-refractivity contribution in [3.8, 4) is 0 Å². The van der Waals surface area contributed by atoms with Crippen molar-refractivity contribution in [2.75, 3.05) is 6.54 Å². The third kappa shape index (κ3) is 2.34. The number of hydrogen-bond donors (Lipinski definition) is 2. The Kier molecular flexibility index (Phi) is 3.66. The van der Waals surface area contributed by atoms with Gasteiger partial charge < -0.3 is 11.1 Å². The van der Waals surface area contributed by atoms with Gasteiger partial charge in [0, 0.05) is 17.3 Å². The third-order valence-corrected chi connectivity index (χ3v) is 6.55. The predicted octanol–water partition coefficient (Wildman–Crippen LogP) is 2.93. The van der Waals surface area contributed by atoms with Crippen LogP contribution in [0.15, 0.2) is 29.6 Å². The molecule has 2 aliphatic carbocycles. The van der Waals surface area contributed by atoms with Crippen LogP contribution >= 0.6 is 11.3 Å². The van der Waals surface area contributed by atoms with Crippen LogP contribution in [-0.2, 0) is 11.2 Å². The van der Waals surface area contributed by atoms with Crippen molar-refractivity contribution in [2.45, 2.75) is 31.7 Å². The molecule has 4 atom stereocenters. The minimum absolute atomic E-state index is 0.0537. The number of amides is 1. The van der Waals surface area contributed by atoms with Crippen LogP contribution < -0.4 is 11.1 Å². The summed E-state index contributed by atoms with van der Waals surface area (Å²) >= 11 is 1.78. The molecule has 3 nitrogen and oxygen atoms in total. The van der Waals surface area contributed by atoms with Crippen molar-refractivity contribution in [1.29, 1.82) is 0 Å². The van der Waals surface area contributed by atoms with Gasteiger partial charge in [-0.1, -0.05) is 18.2 Å². The van der Waals surface area contributed by atoms with Gasteiger partial charge in [0.1, 0.15) is 0 Å². The molecule has 116 valence electrons. The van der Waals surface area contributed by atoms with Gasteiger partial charge in [-0.3, -0.25) is 4.79 Å². The Morgan fingerprint density at radius 1 is 1.27 bits per heavy atom. The number of hydrogen-bond acceptors (Lipinski definition) is 3. The second-order valence-corrected chi connectivity index (χ2v) is 7.65. The Labute approximate surface area is 134 Å². The van der Waals surface area contributed by atoms with E-state index in [-0.39, 0.29) is 17.9 Å². The number of fused-ring (bicyclic) bond motifs is 3. The summed E-state index contributed by atoms with van der Waals surface area (Å²) < 4.78 is 1.32. The summed E-state index contributed by atoms with van der Waals surface area (Å²) in [6, 6.07) is 8.54. The molecular weight excluding hydrogens is 292 g/mol. The zero-order chi connectivity index (χ0) is 15.1. The summed E-state index contributed by atoms with van der Waals surface area (Å²) in [6.07, 6.45) is 4.46. The standard InChI is InChI=1S/C18H22N2OS/c19-17-12-6-5-11(9-12)16(17)18(21)20-8-7-13-10-22-15-4-2-1-3-14(13)15/h1-4,10-12,16-17H,5-9,19H2,(H,20,21). The Hall–Kier alpha value is -1.39. The largest absolute Gasteiger partial charge is 0.355 e. The van der Waals surface area contributed by atoms with Crippen LogP contribution in [0.1, 0.15) is 24.8 Å². The lowest BCUT2D eigenvalue weighted by atomic mass is 9.84. The maximum atomic E-state index is 12.4. The molecule has 0 radical (unpaired) electrons. The molecular formula is C18H22N2OS. The maximum Gasteiger partial charge on any atom is 0.224 e. The van der Waals surface area contributed by atoms with E-state index in [2.05, 4.69) is 35.0 Å². The predicted molar refractivity (Wildman–Crippen MR) is 90.8 cm³/mol. The highest BCUT2D eigenvalue weighted by Crippen LogP contribution is 2.47.